The van der Waals surface area contributed by atoms with E-state index in [1.54, 1.807) is 11.3 Å². The Bertz CT molecular complexity index is 531. The van der Waals surface area contributed by atoms with E-state index in [0.29, 0.717) is 5.13 Å². The van der Waals surface area contributed by atoms with E-state index in [0.717, 1.165) is 37.8 Å². The van der Waals surface area contributed by atoms with Gasteiger partial charge in [-0.25, -0.2) is 14.6 Å². The van der Waals surface area contributed by atoms with Crippen LogP contribution in [0.2, 0.25) is 0 Å². The van der Waals surface area contributed by atoms with E-state index in [2.05, 4.69) is 20.0 Å². The SMILES string of the molecule is Cc1nc2n(n1)CCN(Cc1cnc(N)s1)C2. The second kappa shape index (κ2) is 4.08. The Balaban J connectivity index is 1.71. The van der Waals surface area contributed by atoms with Gasteiger partial charge in [-0.2, -0.15) is 5.10 Å². The van der Waals surface area contributed by atoms with Gasteiger partial charge >= 0.3 is 0 Å². The van der Waals surface area contributed by atoms with Crippen LogP contribution in [0.15, 0.2) is 6.20 Å². The molecule has 3 heterocycles. The monoisotopic (exact) mass is 250 g/mol. The highest BCUT2D eigenvalue weighted by Gasteiger charge is 2.19. The summed E-state index contributed by atoms with van der Waals surface area (Å²) in [7, 11) is 0. The minimum absolute atomic E-state index is 0.635. The summed E-state index contributed by atoms with van der Waals surface area (Å²) in [5.41, 5.74) is 5.63. The van der Waals surface area contributed by atoms with Gasteiger partial charge in [-0.15, -0.1) is 11.3 Å². The second-order valence-electron chi connectivity index (χ2n) is 4.17. The number of nitrogen functional groups attached to an aromatic ring is 1. The molecule has 1 aliphatic heterocycles. The fourth-order valence-corrected chi connectivity index (χ4v) is 2.79. The normalized spacial score (nSPS) is 16.1. The summed E-state index contributed by atoms with van der Waals surface area (Å²) >= 11 is 1.55. The molecule has 2 aromatic rings. The van der Waals surface area contributed by atoms with Crippen molar-refractivity contribution < 1.29 is 0 Å². The maximum Gasteiger partial charge on any atom is 0.180 e. The Morgan fingerprint density at radius 1 is 1.47 bits per heavy atom. The topological polar surface area (TPSA) is 72.9 Å². The number of aromatic nitrogens is 4. The Morgan fingerprint density at radius 2 is 2.35 bits per heavy atom. The lowest BCUT2D eigenvalue weighted by molar-refractivity contribution is 0.203. The van der Waals surface area contributed by atoms with Crippen LogP contribution in [-0.4, -0.2) is 31.2 Å². The van der Waals surface area contributed by atoms with Crippen LogP contribution in [0.4, 0.5) is 5.13 Å². The fourth-order valence-electron chi connectivity index (χ4n) is 2.06. The van der Waals surface area contributed by atoms with Gasteiger partial charge in [0.05, 0.1) is 13.1 Å². The predicted octanol–water partition coefficient (Wildman–Crippen LogP) is 0.641. The first-order valence-electron chi connectivity index (χ1n) is 5.53. The molecule has 0 aromatic carbocycles. The third-order valence-corrected chi connectivity index (χ3v) is 3.61. The molecule has 0 unspecified atom stereocenters. The van der Waals surface area contributed by atoms with E-state index in [1.165, 1.54) is 4.88 Å². The van der Waals surface area contributed by atoms with Crippen molar-refractivity contribution in [1.29, 1.82) is 0 Å². The molecule has 0 bridgehead atoms. The summed E-state index contributed by atoms with van der Waals surface area (Å²) < 4.78 is 1.99. The first-order chi connectivity index (χ1) is 8.20. The standard InChI is InChI=1S/C10H14N6S/c1-7-13-9-6-15(2-3-16(9)14-7)5-8-4-12-10(11)17-8/h4H,2-3,5-6H2,1H3,(H2,11,12). The molecular weight excluding hydrogens is 236 g/mol. The average Bonchev–Trinajstić information content (AvgIpc) is 2.83. The van der Waals surface area contributed by atoms with E-state index in [1.807, 2.05) is 17.8 Å². The maximum atomic E-state index is 5.63. The summed E-state index contributed by atoms with van der Waals surface area (Å²) in [5.74, 6) is 1.90. The molecule has 1 aliphatic rings. The predicted molar refractivity (Wildman–Crippen MR) is 65.4 cm³/mol. The Labute approximate surface area is 103 Å². The van der Waals surface area contributed by atoms with Crippen molar-refractivity contribution in [3.8, 4) is 0 Å². The first kappa shape index (κ1) is 10.7. The molecule has 90 valence electrons. The zero-order valence-corrected chi connectivity index (χ0v) is 10.4. The number of hydrogen-bond acceptors (Lipinski definition) is 6. The van der Waals surface area contributed by atoms with Crippen molar-refractivity contribution in [1.82, 2.24) is 24.6 Å². The lowest BCUT2D eigenvalue weighted by Gasteiger charge is -2.25. The van der Waals surface area contributed by atoms with Crippen LogP contribution >= 0.6 is 11.3 Å². The number of nitrogens with two attached hydrogens (primary N) is 1. The van der Waals surface area contributed by atoms with E-state index in [-0.39, 0.29) is 0 Å². The van der Waals surface area contributed by atoms with Crippen LogP contribution < -0.4 is 5.73 Å². The summed E-state index contributed by atoms with van der Waals surface area (Å²) in [6, 6.07) is 0. The van der Waals surface area contributed by atoms with E-state index >= 15 is 0 Å². The van der Waals surface area contributed by atoms with Crippen LogP contribution in [0, 0.1) is 6.92 Å². The third-order valence-electron chi connectivity index (χ3n) is 2.80. The largest absolute Gasteiger partial charge is 0.375 e. The van der Waals surface area contributed by atoms with Crippen molar-refractivity contribution in [2.24, 2.45) is 0 Å². The number of aryl methyl sites for hydroxylation is 1. The highest BCUT2D eigenvalue weighted by molar-refractivity contribution is 7.15. The molecule has 7 heteroatoms. The lowest BCUT2D eigenvalue weighted by Crippen LogP contribution is -2.33. The van der Waals surface area contributed by atoms with Crippen molar-refractivity contribution in [2.75, 3.05) is 12.3 Å². The van der Waals surface area contributed by atoms with Gasteiger partial charge in [0.1, 0.15) is 11.6 Å². The van der Waals surface area contributed by atoms with Crippen LogP contribution in [-0.2, 0) is 19.6 Å². The molecule has 0 atom stereocenters. The quantitative estimate of drug-likeness (QED) is 0.846. The summed E-state index contributed by atoms with van der Waals surface area (Å²) in [6.45, 7) is 5.57. The highest BCUT2D eigenvalue weighted by Crippen LogP contribution is 2.19. The Hall–Kier alpha value is -1.47. The van der Waals surface area contributed by atoms with Crippen LogP contribution in [0.25, 0.3) is 0 Å². The summed E-state index contributed by atoms with van der Waals surface area (Å²) in [4.78, 5) is 12.0. The molecule has 0 radical (unpaired) electrons. The number of nitrogens with zero attached hydrogens (tertiary/aromatic N) is 5. The van der Waals surface area contributed by atoms with Crippen molar-refractivity contribution >= 4 is 16.5 Å². The molecule has 6 nitrogen and oxygen atoms in total. The van der Waals surface area contributed by atoms with Gasteiger partial charge < -0.3 is 5.73 Å². The van der Waals surface area contributed by atoms with Crippen LogP contribution in [0.3, 0.4) is 0 Å². The summed E-state index contributed by atoms with van der Waals surface area (Å²) in [5, 5.41) is 4.98. The number of rotatable bonds is 2. The first-order valence-corrected chi connectivity index (χ1v) is 6.35. The van der Waals surface area contributed by atoms with Gasteiger partial charge in [-0.05, 0) is 6.92 Å². The molecule has 0 fully saturated rings. The van der Waals surface area contributed by atoms with E-state index < -0.39 is 0 Å². The molecule has 3 rings (SSSR count). The molecular formula is C10H14N6S. The molecule has 2 aromatic heterocycles. The summed E-state index contributed by atoms with van der Waals surface area (Å²) in [6.07, 6.45) is 1.85. The van der Waals surface area contributed by atoms with Crippen molar-refractivity contribution in [3.05, 3.63) is 22.7 Å². The minimum atomic E-state index is 0.635. The van der Waals surface area contributed by atoms with Crippen molar-refractivity contribution in [3.63, 3.8) is 0 Å². The zero-order valence-electron chi connectivity index (χ0n) is 9.63. The van der Waals surface area contributed by atoms with Gasteiger partial charge in [-0.3, -0.25) is 4.90 Å². The molecule has 0 saturated carbocycles. The van der Waals surface area contributed by atoms with E-state index in [4.69, 9.17) is 5.73 Å². The molecule has 2 N–H and O–H groups in total. The number of hydrogen-bond donors (Lipinski definition) is 1. The van der Waals surface area contributed by atoms with Gasteiger partial charge in [0.25, 0.3) is 0 Å². The Morgan fingerprint density at radius 3 is 3.12 bits per heavy atom. The second-order valence-corrected chi connectivity index (χ2v) is 5.32. The molecule has 0 saturated heterocycles. The lowest BCUT2D eigenvalue weighted by atomic mass is 10.3. The van der Waals surface area contributed by atoms with Crippen molar-refractivity contribution in [2.45, 2.75) is 26.6 Å². The van der Waals surface area contributed by atoms with Gasteiger partial charge in [0.15, 0.2) is 5.13 Å². The molecule has 0 spiro atoms. The van der Waals surface area contributed by atoms with Gasteiger partial charge in [0.2, 0.25) is 0 Å². The smallest absolute Gasteiger partial charge is 0.180 e. The molecule has 0 amide bonds. The highest BCUT2D eigenvalue weighted by atomic mass is 32.1. The molecule has 0 aliphatic carbocycles. The molecule has 17 heavy (non-hydrogen) atoms. The maximum absolute atomic E-state index is 5.63. The van der Waals surface area contributed by atoms with E-state index in [9.17, 15) is 0 Å². The van der Waals surface area contributed by atoms with Crippen LogP contribution in [0.5, 0.6) is 0 Å². The fraction of sp³-hybridized carbons (Fsp3) is 0.500. The number of anilines is 1. The van der Waals surface area contributed by atoms with Crippen LogP contribution in [0.1, 0.15) is 16.5 Å². The van der Waals surface area contributed by atoms with Gasteiger partial charge in [0, 0.05) is 24.2 Å². The van der Waals surface area contributed by atoms with Gasteiger partial charge in [-0.1, -0.05) is 0 Å². The minimum Gasteiger partial charge on any atom is -0.375 e. The third kappa shape index (κ3) is 2.16. The Kier molecular flexibility index (Phi) is 2.56. The average molecular weight is 250 g/mol. The zero-order chi connectivity index (χ0) is 11.8. The number of thiazole rings is 1. The number of fused-ring (bicyclic) bond motifs is 1.